The highest BCUT2D eigenvalue weighted by Crippen LogP contribution is 2.25. The van der Waals surface area contributed by atoms with Gasteiger partial charge in [0.25, 0.3) is 0 Å². The first-order chi connectivity index (χ1) is 10.4. The lowest BCUT2D eigenvalue weighted by Crippen LogP contribution is -2.18. The lowest BCUT2D eigenvalue weighted by molar-refractivity contribution is 0.0669. The van der Waals surface area contributed by atoms with Gasteiger partial charge in [0.2, 0.25) is 5.88 Å². The highest BCUT2D eigenvalue weighted by Gasteiger charge is 2.17. The molecule has 2 aromatic rings. The summed E-state index contributed by atoms with van der Waals surface area (Å²) in [6, 6.07) is 10.3. The van der Waals surface area contributed by atoms with E-state index in [1.165, 1.54) is 5.39 Å². The van der Waals surface area contributed by atoms with Crippen molar-refractivity contribution in [1.29, 1.82) is 0 Å². The average Bonchev–Trinajstić information content (AvgIpc) is 3.04. The van der Waals surface area contributed by atoms with Gasteiger partial charge in [-0.1, -0.05) is 25.1 Å². The molecule has 1 saturated heterocycles. The molecule has 1 atom stereocenters. The minimum atomic E-state index is 0.211. The summed E-state index contributed by atoms with van der Waals surface area (Å²) in [5.74, 6) is 0.719. The quantitative estimate of drug-likeness (QED) is 0.886. The van der Waals surface area contributed by atoms with Crippen molar-refractivity contribution in [3.8, 4) is 5.88 Å². The second kappa shape index (κ2) is 6.87. The van der Waals surface area contributed by atoms with Gasteiger partial charge in [-0.15, -0.1) is 0 Å². The molecule has 2 heterocycles. The number of benzene rings is 1. The maximum Gasteiger partial charge on any atom is 0.221 e. The summed E-state index contributed by atoms with van der Waals surface area (Å²) < 4.78 is 11.6. The van der Waals surface area contributed by atoms with Crippen molar-refractivity contribution in [1.82, 2.24) is 10.3 Å². The normalized spacial score (nSPS) is 18.2. The van der Waals surface area contributed by atoms with E-state index >= 15 is 0 Å². The van der Waals surface area contributed by atoms with E-state index in [0.29, 0.717) is 6.61 Å². The second-order valence-electron chi connectivity index (χ2n) is 5.37. The van der Waals surface area contributed by atoms with E-state index in [4.69, 9.17) is 9.47 Å². The molecule has 21 heavy (non-hydrogen) atoms. The number of rotatable bonds is 6. The maximum atomic E-state index is 5.96. The average molecular weight is 286 g/mol. The Labute approximate surface area is 125 Å². The van der Waals surface area contributed by atoms with Gasteiger partial charge in [0, 0.05) is 18.5 Å². The lowest BCUT2D eigenvalue weighted by Gasteiger charge is -2.14. The number of aromatic nitrogens is 1. The van der Waals surface area contributed by atoms with E-state index in [9.17, 15) is 0 Å². The topological polar surface area (TPSA) is 43.4 Å². The molecule has 4 heteroatoms. The number of ether oxygens (including phenoxy) is 2. The van der Waals surface area contributed by atoms with Gasteiger partial charge >= 0.3 is 0 Å². The molecule has 1 aliphatic rings. The molecule has 0 aliphatic carbocycles. The Morgan fingerprint density at radius 2 is 2.29 bits per heavy atom. The number of hydrogen-bond donors (Lipinski definition) is 1. The number of pyridine rings is 1. The Hall–Kier alpha value is -1.65. The minimum absolute atomic E-state index is 0.211. The first-order valence-electron chi connectivity index (χ1n) is 7.70. The zero-order valence-electron chi connectivity index (χ0n) is 12.5. The summed E-state index contributed by atoms with van der Waals surface area (Å²) in [7, 11) is 0. The van der Waals surface area contributed by atoms with E-state index in [0.717, 1.165) is 49.5 Å². The van der Waals surface area contributed by atoms with Gasteiger partial charge in [-0.2, -0.15) is 0 Å². The highest BCUT2D eigenvalue weighted by molar-refractivity contribution is 5.87. The van der Waals surface area contributed by atoms with Crippen LogP contribution in [0.25, 0.3) is 10.8 Å². The third-order valence-electron chi connectivity index (χ3n) is 3.74. The van der Waals surface area contributed by atoms with Crippen molar-refractivity contribution < 1.29 is 9.47 Å². The van der Waals surface area contributed by atoms with Gasteiger partial charge in [-0.3, -0.25) is 0 Å². The van der Waals surface area contributed by atoms with Crippen LogP contribution in [0.4, 0.5) is 0 Å². The molecule has 1 fully saturated rings. The van der Waals surface area contributed by atoms with Crippen molar-refractivity contribution in [2.24, 2.45) is 0 Å². The Kier molecular flexibility index (Phi) is 4.68. The van der Waals surface area contributed by atoms with E-state index in [1.54, 1.807) is 0 Å². The van der Waals surface area contributed by atoms with Crippen molar-refractivity contribution in [3.63, 3.8) is 0 Å². The van der Waals surface area contributed by atoms with Crippen LogP contribution in [-0.2, 0) is 11.3 Å². The lowest BCUT2D eigenvalue weighted by atomic mass is 10.1. The molecule has 0 amide bonds. The van der Waals surface area contributed by atoms with Gasteiger partial charge in [-0.05, 0) is 36.9 Å². The molecule has 1 unspecified atom stereocenters. The molecule has 1 N–H and O–H groups in total. The Bertz CT molecular complexity index is 594. The summed E-state index contributed by atoms with van der Waals surface area (Å²) in [6.07, 6.45) is 2.42. The van der Waals surface area contributed by atoms with Crippen molar-refractivity contribution in [2.75, 3.05) is 19.8 Å². The van der Waals surface area contributed by atoms with E-state index in [1.807, 2.05) is 12.1 Å². The number of fused-ring (bicyclic) bond motifs is 1. The molecule has 1 aliphatic heterocycles. The van der Waals surface area contributed by atoms with Crippen LogP contribution in [0.15, 0.2) is 30.3 Å². The molecule has 0 saturated carbocycles. The van der Waals surface area contributed by atoms with Crippen molar-refractivity contribution in [2.45, 2.75) is 32.4 Å². The van der Waals surface area contributed by atoms with Crippen LogP contribution < -0.4 is 10.1 Å². The molecule has 0 radical (unpaired) electrons. The predicted octanol–water partition coefficient (Wildman–Crippen LogP) is 2.90. The van der Waals surface area contributed by atoms with E-state index in [-0.39, 0.29) is 6.10 Å². The smallest absolute Gasteiger partial charge is 0.221 e. The summed E-state index contributed by atoms with van der Waals surface area (Å²) >= 11 is 0. The van der Waals surface area contributed by atoms with Crippen LogP contribution in [0, 0.1) is 0 Å². The van der Waals surface area contributed by atoms with Crippen LogP contribution in [0.1, 0.15) is 25.5 Å². The third kappa shape index (κ3) is 3.52. The monoisotopic (exact) mass is 286 g/mol. The number of nitrogens with zero attached hydrogens (tertiary/aromatic N) is 1. The Morgan fingerprint density at radius 3 is 3.10 bits per heavy atom. The summed E-state index contributed by atoms with van der Waals surface area (Å²) in [5, 5.41) is 5.55. The molecular formula is C17H22N2O2. The van der Waals surface area contributed by atoms with Crippen molar-refractivity contribution in [3.05, 3.63) is 36.0 Å². The standard InChI is InChI=1S/C17H22N2O2/c1-2-18-11-14-10-13-6-3-4-8-16(13)17(19-14)21-12-15-7-5-9-20-15/h3-4,6,8,10,15,18H,2,5,7,9,11-12H2,1H3. The fraction of sp³-hybridized carbons (Fsp3) is 0.471. The number of hydrogen-bond acceptors (Lipinski definition) is 4. The highest BCUT2D eigenvalue weighted by atomic mass is 16.5. The first kappa shape index (κ1) is 14.3. The molecule has 4 nitrogen and oxygen atoms in total. The largest absolute Gasteiger partial charge is 0.474 e. The molecule has 1 aromatic heterocycles. The predicted molar refractivity (Wildman–Crippen MR) is 83.6 cm³/mol. The Morgan fingerprint density at radius 1 is 1.38 bits per heavy atom. The summed E-state index contributed by atoms with van der Waals surface area (Å²) in [5.41, 5.74) is 1.01. The van der Waals surface area contributed by atoms with Crippen LogP contribution in [0.2, 0.25) is 0 Å². The van der Waals surface area contributed by atoms with Gasteiger partial charge in [0.05, 0.1) is 11.8 Å². The van der Waals surface area contributed by atoms with Gasteiger partial charge in [0.1, 0.15) is 6.61 Å². The molecule has 0 bridgehead atoms. The van der Waals surface area contributed by atoms with Gasteiger partial charge < -0.3 is 14.8 Å². The van der Waals surface area contributed by atoms with Crippen molar-refractivity contribution >= 4 is 10.8 Å². The summed E-state index contributed by atoms with van der Waals surface area (Å²) in [4.78, 5) is 4.66. The maximum absolute atomic E-state index is 5.96. The molecule has 3 rings (SSSR count). The van der Waals surface area contributed by atoms with E-state index < -0.39 is 0 Å². The molecule has 1 aromatic carbocycles. The minimum Gasteiger partial charge on any atom is -0.474 e. The fourth-order valence-corrected chi connectivity index (χ4v) is 2.62. The second-order valence-corrected chi connectivity index (χ2v) is 5.37. The van der Waals surface area contributed by atoms with Gasteiger partial charge in [-0.25, -0.2) is 4.98 Å². The van der Waals surface area contributed by atoms with E-state index in [2.05, 4.69) is 35.4 Å². The van der Waals surface area contributed by atoms with Crippen LogP contribution in [0.3, 0.4) is 0 Å². The summed E-state index contributed by atoms with van der Waals surface area (Å²) in [6.45, 7) is 5.22. The van der Waals surface area contributed by atoms with Crippen LogP contribution >= 0.6 is 0 Å². The molecule has 0 spiro atoms. The molecular weight excluding hydrogens is 264 g/mol. The van der Waals surface area contributed by atoms with Crippen LogP contribution in [0.5, 0.6) is 5.88 Å². The molecule has 112 valence electrons. The fourth-order valence-electron chi connectivity index (χ4n) is 2.62. The first-order valence-corrected chi connectivity index (χ1v) is 7.70. The Balaban J connectivity index is 1.82. The van der Waals surface area contributed by atoms with Crippen LogP contribution in [-0.4, -0.2) is 30.8 Å². The zero-order valence-corrected chi connectivity index (χ0v) is 12.5. The number of nitrogens with one attached hydrogen (secondary N) is 1. The third-order valence-corrected chi connectivity index (χ3v) is 3.74. The SMILES string of the molecule is CCNCc1cc2ccccc2c(OCC2CCCO2)n1. The van der Waals surface area contributed by atoms with Gasteiger partial charge in [0.15, 0.2) is 0 Å². The zero-order chi connectivity index (χ0) is 14.5.